The van der Waals surface area contributed by atoms with Crippen molar-refractivity contribution in [1.29, 1.82) is 0 Å². The monoisotopic (exact) mass is 220 g/mol. The summed E-state index contributed by atoms with van der Waals surface area (Å²) in [4.78, 5) is 21.7. The SMILES string of the molecule is C=CC1=C(/C=C\CCC=O)C(=O)O[C@@H](C)C1. The summed E-state index contributed by atoms with van der Waals surface area (Å²) in [6, 6.07) is 0. The van der Waals surface area contributed by atoms with Gasteiger partial charge in [0.1, 0.15) is 12.4 Å². The molecule has 16 heavy (non-hydrogen) atoms. The van der Waals surface area contributed by atoms with Crippen LogP contribution in [0.4, 0.5) is 0 Å². The summed E-state index contributed by atoms with van der Waals surface area (Å²) >= 11 is 0. The lowest BCUT2D eigenvalue weighted by Gasteiger charge is -2.21. The Balaban J connectivity index is 2.80. The predicted octanol–water partition coefficient (Wildman–Crippen LogP) is 2.34. The number of esters is 1. The Morgan fingerprint density at radius 1 is 1.50 bits per heavy atom. The highest BCUT2D eigenvalue weighted by Gasteiger charge is 2.22. The molecule has 0 aliphatic carbocycles. The zero-order valence-corrected chi connectivity index (χ0v) is 9.44. The fraction of sp³-hybridized carbons (Fsp3) is 0.385. The number of carbonyl (C=O) groups is 2. The average molecular weight is 220 g/mol. The van der Waals surface area contributed by atoms with E-state index < -0.39 is 0 Å². The molecule has 3 nitrogen and oxygen atoms in total. The molecule has 1 rings (SSSR count). The van der Waals surface area contributed by atoms with E-state index in [9.17, 15) is 9.59 Å². The Morgan fingerprint density at radius 3 is 2.88 bits per heavy atom. The van der Waals surface area contributed by atoms with Gasteiger partial charge in [-0.2, -0.15) is 0 Å². The van der Waals surface area contributed by atoms with E-state index in [1.165, 1.54) is 0 Å². The van der Waals surface area contributed by atoms with Crippen molar-refractivity contribution in [3.63, 3.8) is 0 Å². The summed E-state index contributed by atoms with van der Waals surface area (Å²) in [6.45, 7) is 5.55. The van der Waals surface area contributed by atoms with E-state index in [4.69, 9.17) is 4.74 Å². The molecule has 0 bridgehead atoms. The molecule has 0 fully saturated rings. The predicted molar refractivity (Wildman–Crippen MR) is 61.8 cm³/mol. The molecule has 0 aromatic carbocycles. The Kier molecular flexibility index (Phi) is 4.70. The molecule has 0 aromatic heterocycles. The first-order chi connectivity index (χ1) is 7.69. The van der Waals surface area contributed by atoms with E-state index in [2.05, 4.69) is 6.58 Å². The lowest BCUT2D eigenvalue weighted by atomic mass is 9.99. The normalized spacial score (nSPS) is 21.1. The maximum absolute atomic E-state index is 11.6. The summed E-state index contributed by atoms with van der Waals surface area (Å²) < 4.78 is 5.12. The van der Waals surface area contributed by atoms with Gasteiger partial charge in [0.25, 0.3) is 0 Å². The van der Waals surface area contributed by atoms with Gasteiger partial charge < -0.3 is 9.53 Å². The van der Waals surface area contributed by atoms with E-state index in [-0.39, 0.29) is 12.1 Å². The van der Waals surface area contributed by atoms with Crippen molar-refractivity contribution in [2.75, 3.05) is 0 Å². The number of unbranched alkanes of at least 4 members (excludes halogenated alkanes) is 1. The van der Waals surface area contributed by atoms with E-state index in [0.29, 0.717) is 24.8 Å². The fourth-order valence-corrected chi connectivity index (χ4v) is 1.57. The minimum absolute atomic E-state index is 0.0902. The highest BCUT2D eigenvalue weighted by atomic mass is 16.5. The molecule has 0 aromatic rings. The number of carbonyl (C=O) groups excluding carboxylic acids is 2. The number of ether oxygens (including phenoxy) is 1. The van der Waals surface area contributed by atoms with Gasteiger partial charge in [0.05, 0.1) is 5.57 Å². The minimum atomic E-state index is -0.309. The summed E-state index contributed by atoms with van der Waals surface area (Å²) in [6.07, 6.45) is 7.79. The van der Waals surface area contributed by atoms with Crippen molar-refractivity contribution in [3.05, 3.63) is 36.0 Å². The number of hydrogen-bond acceptors (Lipinski definition) is 3. The van der Waals surface area contributed by atoms with Crippen LogP contribution in [-0.4, -0.2) is 18.4 Å². The second kappa shape index (κ2) is 6.05. The Hall–Kier alpha value is -1.64. The van der Waals surface area contributed by atoms with Gasteiger partial charge in [-0.25, -0.2) is 4.79 Å². The molecule has 0 saturated heterocycles. The van der Waals surface area contributed by atoms with Gasteiger partial charge in [0.15, 0.2) is 0 Å². The first kappa shape index (κ1) is 12.4. The average Bonchev–Trinajstić information content (AvgIpc) is 2.26. The first-order valence-electron chi connectivity index (χ1n) is 5.35. The van der Waals surface area contributed by atoms with Gasteiger partial charge in [-0.15, -0.1) is 0 Å². The van der Waals surface area contributed by atoms with Crippen molar-refractivity contribution in [2.24, 2.45) is 0 Å². The quantitative estimate of drug-likeness (QED) is 0.406. The van der Waals surface area contributed by atoms with Crippen molar-refractivity contribution in [1.82, 2.24) is 0 Å². The molecule has 1 aliphatic rings. The molecule has 0 amide bonds. The molecule has 0 spiro atoms. The molecule has 86 valence electrons. The van der Waals surface area contributed by atoms with Crippen LogP contribution in [0.1, 0.15) is 26.2 Å². The van der Waals surface area contributed by atoms with Crippen molar-refractivity contribution >= 4 is 12.3 Å². The third-order valence-corrected chi connectivity index (χ3v) is 2.36. The van der Waals surface area contributed by atoms with Crippen LogP contribution in [0.25, 0.3) is 0 Å². The van der Waals surface area contributed by atoms with Gasteiger partial charge in [0, 0.05) is 12.8 Å². The Morgan fingerprint density at radius 2 is 2.25 bits per heavy atom. The van der Waals surface area contributed by atoms with Crippen molar-refractivity contribution in [3.8, 4) is 0 Å². The van der Waals surface area contributed by atoms with Gasteiger partial charge in [-0.05, 0) is 18.9 Å². The van der Waals surface area contributed by atoms with Gasteiger partial charge in [0.2, 0.25) is 0 Å². The third-order valence-electron chi connectivity index (χ3n) is 2.36. The van der Waals surface area contributed by atoms with Crippen LogP contribution in [0.5, 0.6) is 0 Å². The molecule has 0 unspecified atom stereocenters. The standard InChI is InChI=1S/C13H16O3/c1-3-11-9-10(2)16-13(15)12(11)7-5-4-6-8-14/h3,5,7-8,10H,1,4,6,9H2,2H3/b7-5-/t10-/m0/s1. The Labute approximate surface area is 95.5 Å². The van der Waals surface area contributed by atoms with Crippen LogP contribution in [0.2, 0.25) is 0 Å². The highest BCUT2D eigenvalue weighted by Crippen LogP contribution is 2.23. The van der Waals surface area contributed by atoms with E-state index in [1.807, 2.05) is 13.0 Å². The van der Waals surface area contributed by atoms with Crippen molar-refractivity contribution in [2.45, 2.75) is 32.3 Å². The second-order valence-corrected chi connectivity index (χ2v) is 3.71. The lowest BCUT2D eigenvalue weighted by molar-refractivity contribution is -0.144. The van der Waals surface area contributed by atoms with Crippen LogP contribution in [0.15, 0.2) is 36.0 Å². The van der Waals surface area contributed by atoms with Gasteiger partial charge >= 0.3 is 5.97 Å². The molecule has 0 saturated carbocycles. The minimum Gasteiger partial charge on any atom is -0.459 e. The summed E-state index contributed by atoms with van der Waals surface area (Å²) in [5.74, 6) is -0.309. The maximum atomic E-state index is 11.6. The van der Waals surface area contributed by atoms with Gasteiger partial charge in [-0.3, -0.25) is 0 Å². The lowest BCUT2D eigenvalue weighted by Crippen LogP contribution is -2.23. The maximum Gasteiger partial charge on any atom is 0.338 e. The third kappa shape index (κ3) is 3.19. The highest BCUT2D eigenvalue weighted by molar-refractivity contribution is 5.94. The van der Waals surface area contributed by atoms with E-state index in [1.54, 1.807) is 12.2 Å². The molecule has 1 heterocycles. The zero-order chi connectivity index (χ0) is 12.0. The first-order valence-corrected chi connectivity index (χ1v) is 5.35. The van der Waals surface area contributed by atoms with Crippen LogP contribution in [0.3, 0.4) is 0 Å². The number of aldehydes is 1. The zero-order valence-electron chi connectivity index (χ0n) is 9.44. The molecule has 1 aliphatic heterocycles. The van der Waals surface area contributed by atoms with Crippen LogP contribution < -0.4 is 0 Å². The second-order valence-electron chi connectivity index (χ2n) is 3.71. The molecule has 0 N–H and O–H groups in total. The summed E-state index contributed by atoms with van der Waals surface area (Å²) in [5, 5.41) is 0. The van der Waals surface area contributed by atoms with E-state index in [0.717, 1.165) is 11.9 Å². The Bertz CT molecular complexity index is 350. The fourth-order valence-electron chi connectivity index (χ4n) is 1.57. The topological polar surface area (TPSA) is 43.4 Å². The van der Waals surface area contributed by atoms with Crippen LogP contribution in [0, 0.1) is 0 Å². The summed E-state index contributed by atoms with van der Waals surface area (Å²) in [5.41, 5.74) is 1.46. The van der Waals surface area contributed by atoms with Crippen LogP contribution in [-0.2, 0) is 14.3 Å². The molecule has 1 atom stereocenters. The molecule has 3 heteroatoms. The van der Waals surface area contributed by atoms with E-state index >= 15 is 0 Å². The van der Waals surface area contributed by atoms with Crippen LogP contribution >= 0.6 is 0 Å². The van der Waals surface area contributed by atoms with Gasteiger partial charge in [-0.1, -0.05) is 24.8 Å². The smallest absolute Gasteiger partial charge is 0.338 e. The van der Waals surface area contributed by atoms with Crippen molar-refractivity contribution < 1.29 is 14.3 Å². The number of allylic oxidation sites excluding steroid dienone is 2. The molecule has 0 radical (unpaired) electrons. The molecular weight excluding hydrogens is 204 g/mol. The molecular formula is C13H16O3. The number of hydrogen-bond donors (Lipinski definition) is 0. The largest absolute Gasteiger partial charge is 0.459 e. The number of cyclic esters (lactones) is 1. The summed E-state index contributed by atoms with van der Waals surface area (Å²) in [7, 11) is 0. The number of rotatable bonds is 5.